The minimum absolute atomic E-state index is 0.139. The van der Waals surface area contributed by atoms with Crippen molar-refractivity contribution in [3.05, 3.63) is 21.7 Å². The average Bonchev–Trinajstić information content (AvgIpc) is 2.35. The van der Waals surface area contributed by atoms with Crippen LogP contribution in [0.1, 0.15) is 18.2 Å². The van der Waals surface area contributed by atoms with E-state index in [4.69, 9.17) is 10.3 Å². The lowest BCUT2D eigenvalue weighted by molar-refractivity contribution is -0.118. The number of rotatable bonds is 3. The van der Waals surface area contributed by atoms with Gasteiger partial charge in [-0.05, 0) is 13.8 Å². The first-order valence-corrected chi connectivity index (χ1v) is 3.95. The molecular weight excluding hydrogens is 172 g/mol. The number of H-pyrrole nitrogens is 1. The first-order valence-electron chi connectivity index (χ1n) is 3.95. The molecule has 1 atom stereocenters. The number of Topliss-reactive ketones (excluding diaryl/α,β-unsaturated/α-hetero) is 1. The van der Waals surface area contributed by atoms with Crippen LogP contribution in [0.25, 0.3) is 0 Å². The van der Waals surface area contributed by atoms with Crippen molar-refractivity contribution in [3.63, 3.8) is 0 Å². The molecule has 1 aromatic heterocycles. The molecule has 1 rings (SSSR count). The van der Waals surface area contributed by atoms with E-state index in [1.54, 1.807) is 6.92 Å². The van der Waals surface area contributed by atoms with E-state index in [0.29, 0.717) is 11.3 Å². The first-order chi connectivity index (χ1) is 6.02. The third-order valence-electron chi connectivity index (χ3n) is 1.94. The zero-order valence-corrected chi connectivity index (χ0v) is 7.59. The van der Waals surface area contributed by atoms with Gasteiger partial charge in [0.05, 0.1) is 11.6 Å². The summed E-state index contributed by atoms with van der Waals surface area (Å²) in [5.41, 5.74) is 5.64. The number of hydrogen-bond acceptors (Lipinski definition) is 4. The van der Waals surface area contributed by atoms with Crippen LogP contribution in [0.5, 0.6) is 0 Å². The summed E-state index contributed by atoms with van der Waals surface area (Å²) in [6, 6.07) is -0.627. The van der Waals surface area contributed by atoms with Crippen molar-refractivity contribution in [1.82, 2.24) is 5.16 Å². The summed E-state index contributed by atoms with van der Waals surface area (Å²) in [5.74, 6) is 0.349. The maximum absolute atomic E-state index is 11.1. The van der Waals surface area contributed by atoms with Gasteiger partial charge >= 0.3 is 0 Å². The number of nitrogens with two attached hydrogens (primary N) is 1. The number of carbonyl (C=O) groups excluding carboxylic acids is 1. The van der Waals surface area contributed by atoms with E-state index < -0.39 is 6.04 Å². The van der Waals surface area contributed by atoms with Gasteiger partial charge in [-0.3, -0.25) is 9.59 Å². The van der Waals surface area contributed by atoms with Crippen LogP contribution in [0.3, 0.4) is 0 Å². The highest BCUT2D eigenvalue weighted by atomic mass is 16.5. The van der Waals surface area contributed by atoms with Crippen molar-refractivity contribution in [2.75, 3.05) is 0 Å². The van der Waals surface area contributed by atoms with E-state index in [1.165, 1.54) is 6.92 Å². The van der Waals surface area contributed by atoms with Crippen LogP contribution in [-0.4, -0.2) is 17.0 Å². The minimum atomic E-state index is -0.627. The summed E-state index contributed by atoms with van der Waals surface area (Å²) >= 11 is 0. The Morgan fingerprint density at radius 3 is 2.69 bits per heavy atom. The summed E-state index contributed by atoms with van der Waals surface area (Å²) in [6.07, 6.45) is 0.229. The van der Waals surface area contributed by atoms with E-state index >= 15 is 0 Å². The molecule has 3 N–H and O–H groups in total. The Bertz CT molecular complexity index is 364. The zero-order chi connectivity index (χ0) is 10.0. The predicted octanol–water partition coefficient (Wildman–Crippen LogP) is -0.265. The molecule has 1 aromatic rings. The van der Waals surface area contributed by atoms with E-state index in [9.17, 15) is 9.59 Å². The number of carbonyl (C=O) groups is 1. The van der Waals surface area contributed by atoms with Gasteiger partial charge in [-0.25, -0.2) is 0 Å². The molecule has 1 heterocycles. The molecule has 0 aromatic carbocycles. The Labute approximate surface area is 74.9 Å². The van der Waals surface area contributed by atoms with Gasteiger partial charge in [-0.15, -0.1) is 0 Å². The van der Waals surface area contributed by atoms with Gasteiger partial charge in [0, 0.05) is 6.42 Å². The van der Waals surface area contributed by atoms with Crippen LogP contribution >= 0.6 is 0 Å². The monoisotopic (exact) mass is 184 g/mol. The van der Waals surface area contributed by atoms with E-state index in [2.05, 4.69) is 5.16 Å². The number of aromatic amines is 1. The maximum Gasteiger partial charge on any atom is 0.283 e. The quantitative estimate of drug-likeness (QED) is 0.677. The van der Waals surface area contributed by atoms with Gasteiger partial charge in [0.15, 0.2) is 0 Å². The summed E-state index contributed by atoms with van der Waals surface area (Å²) in [5, 5.41) is 2.18. The standard InChI is InChI=1S/C8H12N2O3/c1-4(11)7(9)3-6-5(2)13-10-8(6)12/h7H,3,9H2,1-2H3,(H,10,12). The molecule has 0 radical (unpaired) electrons. The summed E-state index contributed by atoms with van der Waals surface area (Å²) in [4.78, 5) is 21.9. The van der Waals surface area contributed by atoms with E-state index in [1.807, 2.05) is 0 Å². The predicted molar refractivity (Wildman–Crippen MR) is 46.4 cm³/mol. The summed E-state index contributed by atoms with van der Waals surface area (Å²) in [7, 11) is 0. The lowest BCUT2D eigenvalue weighted by Crippen LogP contribution is -2.32. The molecule has 0 spiro atoms. The normalized spacial score (nSPS) is 12.8. The van der Waals surface area contributed by atoms with Gasteiger partial charge < -0.3 is 10.3 Å². The Balaban J connectivity index is 2.85. The first kappa shape index (κ1) is 9.73. The molecule has 0 aliphatic carbocycles. The van der Waals surface area contributed by atoms with Crippen molar-refractivity contribution < 1.29 is 9.32 Å². The molecule has 5 nitrogen and oxygen atoms in total. The largest absolute Gasteiger partial charge is 0.384 e. The molecule has 0 aliphatic rings. The SMILES string of the molecule is CC(=O)C(N)Cc1c(C)o[nH]c1=O. The van der Waals surface area contributed by atoms with Crippen molar-refractivity contribution in [2.45, 2.75) is 26.3 Å². The number of nitrogens with one attached hydrogen (secondary N) is 1. The van der Waals surface area contributed by atoms with E-state index in [0.717, 1.165) is 0 Å². The van der Waals surface area contributed by atoms with Crippen LogP contribution in [0.4, 0.5) is 0 Å². The van der Waals surface area contributed by atoms with Crippen LogP contribution in [0.2, 0.25) is 0 Å². The van der Waals surface area contributed by atoms with Crippen LogP contribution in [-0.2, 0) is 11.2 Å². The second-order valence-electron chi connectivity index (χ2n) is 2.99. The molecule has 13 heavy (non-hydrogen) atoms. The van der Waals surface area contributed by atoms with Gasteiger partial charge in [0.25, 0.3) is 5.56 Å². The Morgan fingerprint density at radius 1 is 1.69 bits per heavy atom. The molecule has 1 unspecified atom stereocenters. The molecule has 0 saturated carbocycles. The molecule has 0 aliphatic heterocycles. The zero-order valence-electron chi connectivity index (χ0n) is 7.59. The lowest BCUT2D eigenvalue weighted by Gasteiger charge is -2.04. The van der Waals surface area contributed by atoms with E-state index in [-0.39, 0.29) is 17.8 Å². The molecule has 72 valence electrons. The molecule has 0 bridgehead atoms. The van der Waals surface area contributed by atoms with Crippen molar-refractivity contribution >= 4 is 5.78 Å². The summed E-state index contributed by atoms with van der Waals surface area (Å²) in [6.45, 7) is 3.05. The second-order valence-corrected chi connectivity index (χ2v) is 2.99. The minimum Gasteiger partial charge on any atom is -0.384 e. The molecule has 0 fully saturated rings. The summed E-state index contributed by atoms with van der Waals surface area (Å²) < 4.78 is 4.77. The van der Waals surface area contributed by atoms with Gasteiger partial charge in [0.1, 0.15) is 11.5 Å². The number of hydrogen-bond donors (Lipinski definition) is 2. The third-order valence-corrected chi connectivity index (χ3v) is 1.94. The average molecular weight is 184 g/mol. The van der Waals surface area contributed by atoms with Crippen LogP contribution in [0.15, 0.2) is 9.32 Å². The molecule has 0 saturated heterocycles. The molecular formula is C8H12N2O3. The van der Waals surface area contributed by atoms with Gasteiger partial charge in [-0.1, -0.05) is 0 Å². The Hall–Kier alpha value is -1.36. The number of aryl methyl sites for hydroxylation is 1. The van der Waals surface area contributed by atoms with Crippen molar-refractivity contribution in [3.8, 4) is 0 Å². The smallest absolute Gasteiger partial charge is 0.283 e. The topological polar surface area (TPSA) is 89.1 Å². The fourth-order valence-electron chi connectivity index (χ4n) is 1.01. The molecule has 5 heteroatoms. The second kappa shape index (κ2) is 3.57. The Kier molecular flexibility index (Phi) is 2.67. The highest BCUT2D eigenvalue weighted by Gasteiger charge is 2.15. The van der Waals surface area contributed by atoms with Crippen molar-refractivity contribution in [1.29, 1.82) is 0 Å². The highest BCUT2D eigenvalue weighted by Crippen LogP contribution is 2.03. The fraction of sp³-hybridized carbons (Fsp3) is 0.500. The number of aromatic nitrogens is 1. The maximum atomic E-state index is 11.1. The number of ketones is 1. The third kappa shape index (κ3) is 2.06. The fourth-order valence-corrected chi connectivity index (χ4v) is 1.01. The Morgan fingerprint density at radius 2 is 2.31 bits per heavy atom. The lowest BCUT2D eigenvalue weighted by atomic mass is 10.1. The van der Waals surface area contributed by atoms with Crippen molar-refractivity contribution in [2.24, 2.45) is 5.73 Å². The molecule has 0 amide bonds. The van der Waals surface area contributed by atoms with Gasteiger partial charge in [0.2, 0.25) is 0 Å². The van der Waals surface area contributed by atoms with Crippen LogP contribution in [0, 0.1) is 6.92 Å². The van der Waals surface area contributed by atoms with Gasteiger partial charge in [-0.2, -0.15) is 5.16 Å². The highest BCUT2D eigenvalue weighted by molar-refractivity contribution is 5.81. The van der Waals surface area contributed by atoms with Crippen LogP contribution < -0.4 is 11.3 Å².